The minimum Gasteiger partial charge on any atom is -0.0934 e. The number of fused-ring (bicyclic) bond motifs is 10. The van der Waals surface area contributed by atoms with Crippen molar-refractivity contribution in [2.24, 2.45) is 0 Å². The second-order valence-electron chi connectivity index (χ2n) is 8.94. The Morgan fingerprint density at radius 3 is 1.72 bits per heavy atom. The molecule has 0 atom stereocenters. The molecule has 32 heavy (non-hydrogen) atoms. The average molecular weight is 750 g/mol. The van der Waals surface area contributed by atoms with E-state index < -0.39 is 0 Å². The zero-order chi connectivity index (χ0) is 22.4. The van der Waals surface area contributed by atoms with Gasteiger partial charge < -0.3 is 0 Å². The first-order valence-corrected chi connectivity index (χ1v) is 15.4. The van der Waals surface area contributed by atoms with Crippen LogP contribution in [0.25, 0.3) is 22.3 Å². The Hall–Kier alpha value is -1.06. The lowest BCUT2D eigenvalue weighted by Crippen LogP contribution is -2.26. The van der Waals surface area contributed by atoms with Crippen LogP contribution in [0.15, 0.2) is 60.7 Å². The van der Waals surface area contributed by atoms with Gasteiger partial charge in [0, 0.05) is 10.7 Å². The number of hydrogen-bond acceptors (Lipinski definition) is 0. The summed E-state index contributed by atoms with van der Waals surface area (Å²) in [6.07, 6.45) is 0. The Kier molecular flexibility index (Phi) is 5.01. The molecule has 0 N–H and O–H groups in total. The zero-order valence-electron chi connectivity index (χ0n) is 18.1. The Morgan fingerprint density at radius 1 is 0.625 bits per heavy atom. The highest BCUT2D eigenvalue weighted by Gasteiger charge is 2.52. The van der Waals surface area contributed by atoms with Crippen molar-refractivity contribution in [2.75, 3.05) is 0 Å². The second-order valence-corrected chi connectivity index (χ2v) is 13.2. The van der Waals surface area contributed by atoms with Crippen molar-refractivity contribution in [3.63, 3.8) is 0 Å². The molecule has 158 valence electrons. The quantitative estimate of drug-likeness (QED) is 0.148. The van der Waals surface area contributed by atoms with Gasteiger partial charge in [-0.05, 0) is 134 Å². The van der Waals surface area contributed by atoms with Gasteiger partial charge in [-0.1, -0.05) is 78.8 Å². The third-order valence-corrected chi connectivity index (χ3v) is 11.9. The SMILES string of the molecule is C=Ic1cc2c(cc1C)-c1cc(I)c(I)cc1C21c2cc(C)ccc2-c2ccc(C)cc21. The summed E-state index contributed by atoms with van der Waals surface area (Å²) in [5.41, 5.74) is 15.1. The van der Waals surface area contributed by atoms with Gasteiger partial charge in [0.2, 0.25) is 0 Å². The first-order chi connectivity index (χ1) is 15.4. The summed E-state index contributed by atoms with van der Waals surface area (Å²) in [5.74, 6) is 0. The fourth-order valence-corrected chi connectivity index (χ4v) is 7.94. The fraction of sp³-hybridized carbons (Fsp3) is 0.138. The van der Waals surface area contributed by atoms with Crippen molar-refractivity contribution in [2.45, 2.75) is 26.2 Å². The van der Waals surface area contributed by atoms with Gasteiger partial charge in [0.25, 0.3) is 0 Å². The molecule has 3 heteroatoms. The standard InChI is InChI=1S/C29H21I3/c1-15-5-7-18-19-8-6-16(2)10-23(19)29(22(18)9-15)24-13-27(31)26(30)12-21(24)20-11-17(3)28(32-4)14-25(20)29/h5-14H,4H2,1-3H3. The number of hydrogen-bond donors (Lipinski definition) is 0. The van der Waals surface area contributed by atoms with Crippen LogP contribution < -0.4 is 0 Å². The van der Waals surface area contributed by atoms with Crippen molar-refractivity contribution < 1.29 is 0 Å². The molecule has 0 saturated heterocycles. The maximum Gasteiger partial charge on any atom is 0.0726 e. The molecule has 0 aromatic heterocycles. The molecule has 6 rings (SSSR count). The summed E-state index contributed by atoms with van der Waals surface area (Å²) in [6.45, 7) is 6.70. The van der Waals surface area contributed by atoms with E-state index in [1.54, 1.807) is 0 Å². The van der Waals surface area contributed by atoms with Crippen molar-refractivity contribution in [3.05, 3.63) is 110 Å². The number of rotatable bonds is 1. The largest absolute Gasteiger partial charge is 0.0934 e. The van der Waals surface area contributed by atoms with Crippen molar-refractivity contribution in [3.8, 4) is 22.3 Å². The van der Waals surface area contributed by atoms with E-state index >= 15 is 0 Å². The summed E-state index contributed by atoms with van der Waals surface area (Å²) in [6, 6.07) is 23.9. The molecule has 0 bridgehead atoms. The Balaban J connectivity index is 1.88. The van der Waals surface area contributed by atoms with Gasteiger partial charge in [0.1, 0.15) is 0 Å². The van der Waals surface area contributed by atoms with E-state index in [9.17, 15) is 0 Å². The molecule has 4 aromatic carbocycles. The van der Waals surface area contributed by atoms with E-state index in [0.717, 1.165) is 0 Å². The molecule has 2 aliphatic carbocycles. The lowest BCUT2D eigenvalue weighted by atomic mass is 9.70. The van der Waals surface area contributed by atoms with Crippen LogP contribution in [-0.2, 0) is 5.41 Å². The van der Waals surface area contributed by atoms with Crippen LogP contribution in [0.5, 0.6) is 0 Å². The minimum absolute atomic E-state index is 0.245. The first-order valence-electron chi connectivity index (χ1n) is 10.6. The summed E-state index contributed by atoms with van der Waals surface area (Å²) in [7, 11) is 0. The van der Waals surface area contributed by atoms with Crippen LogP contribution >= 0.6 is 65.9 Å². The molecular weight excluding hydrogens is 729 g/mol. The molecule has 4 aromatic rings. The molecule has 0 heterocycles. The van der Waals surface area contributed by atoms with Crippen LogP contribution in [0.1, 0.15) is 38.9 Å². The predicted octanol–water partition coefficient (Wildman–Crippen LogP) is 8.74. The Labute approximate surface area is 226 Å². The van der Waals surface area contributed by atoms with Gasteiger partial charge >= 0.3 is 0 Å². The number of halogens is 3. The van der Waals surface area contributed by atoms with Gasteiger partial charge in [-0.2, -0.15) is 0 Å². The van der Waals surface area contributed by atoms with E-state index in [0.29, 0.717) is 0 Å². The van der Waals surface area contributed by atoms with Gasteiger partial charge in [-0.3, -0.25) is 0 Å². The van der Waals surface area contributed by atoms with Crippen LogP contribution in [0.3, 0.4) is 0 Å². The monoisotopic (exact) mass is 750 g/mol. The summed E-state index contributed by atoms with van der Waals surface area (Å²) < 4.78 is 8.46. The normalized spacial score (nSPS) is 14.3. The molecule has 0 aliphatic heterocycles. The van der Waals surface area contributed by atoms with Crippen LogP contribution in [0.2, 0.25) is 0 Å². The lowest BCUT2D eigenvalue weighted by Gasteiger charge is -2.31. The summed E-state index contributed by atoms with van der Waals surface area (Å²) >= 11 is 4.75. The number of benzene rings is 4. The fourth-order valence-electron chi connectivity index (χ4n) is 5.72. The van der Waals surface area contributed by atoms with Gasteiger partial charge in [0.05, 0.1) is 5.41 Å². The second kappa shape index (κ2) is 7.47. The Morgan fingerprint density at radius 2 is 1.12 bits per heavy atom. The van der Waals surface area contributed by atoms with Crippen LogP contribution in [0.4, 0.5) is 0 Å². The topological polar surface area (TPSA) is 0 Å². The molecule has 0 amide bonds. The molecule has 0 radical (unpaired) electrons. The molecule has 2 aliphatic rings. The first kappa shape index (κ1) is 21.5. The Bertz CT molecular complexity index is 1440. The highest BCUT2D eigenvalue weighted by Crippen LogP contribution is 2.63. The highest BCUT2D eigenvalue weighted by atomic mass is 127. The van der Waals surface area contributed by atoms with Crippen molar-refractivity contribution >= 4 is 70.4 Å². The average Bonchev–Trinajstić information content (AvgIpc) is 3.18. The molecule has 0 unspecified atom stereocenters. The van der Waals surface area contributed by atoms with Crippen LogP contribution in [0, 0.1) is 31.5 Å². The molecule has 0 nitrogen and oxygen atoms in total. The van der Waals surface area contributed by atoms with Crippen LogP contribution in [-0.4, -0.2) is 4.51 Å². The van der Waals surface area contributed by atoms with Crippen molar-refractivity contribution in [1.29, 1.82) is 0 Å². The third kappa shape index (κ3) is 2.73. The highest BCUT2D eigenvalue weighted by molar-refractivity contribution is 14.2. The van der Waals surface area contributed by atoms with Gasteiger partial charge in [0.15, 0.2) is 0 Å². The smallest absolute Gasteiger partial charge is 0.0726 e. The lowest BCUT2D eigenvalue weighted by molar-refractivity contribution is 0.789. The van der Waals surface area contributed by atoms with E-state index in [2.05, 4.69) is 131 Å². The van der Waals surface area contributed by atoms with E-state index in [-0.39, 0.29) is 26.1 Å². The van der Waals surface area contributed by atoms with E-state index in [4.69, 9.17) is 0 Å². The van der Waals surface area contributed by atoms with Crippen molar-refractivity contribution in [1.82, 2.24) is 0 Å². The van der Waals surface area contributed by atoms with Gasteiger partial charge in [-0.15, -0.1) is 0 Å². The van der Waals surface area contributed by atoms with E-state index in [1.807, 2.05) is 0 Å². The maximum absolute atomic E-state index is 4.36. The molecule has 0 fully saturated rings. The zero-order valence-corrected chi connectivity index (χ0v) is 24.6. The maximum atomic E-state index is 4.36. The summed E-state index contributed by atoms with van der Waals surface area (Å²) in [5, 5.41) is 0. The summed E-state index contributed by atoms with van der Waals surface area (Å²) in [4.78, 5) is 0. The number of aryl methyl sites for hydroxylation is 3. The molecule has 1 spiro atoms. The predicted molar refractivity (Wildman–Crippen MR) is 162 cm³/mol. The molecule has 0 saturated carbocycles. The molecular formula is C29H21I3. The third-order valence-electron chi connectivity index (χ3n) is 7.05. The van der Waals surface area contributed by atoms with E-state index in [1.165, 1.54) is 71.9 Å². The van der Waals surface area contributed by atoms with Gasteiger partial charge in [-0.25, -0.2) is 0 Å². The minimum atomic E-state index is -0.251.